The van der Waals surface area contributed by atoms with Gasteiger partial charge in [-0.15, -0.1) is 0 Å². The van der Waals surface area contributed by atoms with Crippen molar-refractivity contribution in [2.24, 2.45) is 11.7 Å². The van der Waals surface area contributed by atoms with Crippen LogP contribution in [0.4, 0.5) is 11.4 Å². The Kier molecular flexibility index (Phi) is 9.94. The second-order valence-electron chi connectivity index (χ2n) is 9.48. The summed E-state index contributed by atoms with van der Waals surface area (Å²) in [5.41, 5.74) is 13.0. The lowest BCUT2D eigenvalue weighted by molar-refractivity contribution is -0.122. The van der Waals surface area contributed by atoms with Crippen LogP contribution in [0.3, 0.4) is 0 Å². The molecule has 3 rings (SSSR count). The Bertz CT molecular complexity index is 1350. The average Bonchev–Trinajstić information content (AvgIpc) is 3.32. The van der Waals surface area contributed by atoms with Crippen LogP contribution in [0.2, 0.25) is 0 Å². The number of carbonyl (C=O) groups excluding carboxylic acids is 3. The van der Waals surface area contributed by atoms with Crippen molar-refractivity contribution in [3.63, 3.8) is 0 Å². The van der Waals surface area contributed by atoms with Crippen molar-refractivity contribution >= 4 is 40.6 Å². The van der Waals surface area contributed by atoms with Gasteiger partial charge in [-0.25, -0.2) is 0 Å². The normalized spacial score (nSPS) is 11.6. The number of rotatable bonds is 12. The van der Waals surface area contributed by atoms with Gasteiger partial charge in [-0.1, -0.05) is 31.5 Å². The highest BCUT2D eigenvalue weighted by atomic mass is 32.1. The van der Waals surface area contributed by atoms with Gasteiger partial charge in [-0.2, -0.15) is 4.37 Å². The van der Waals surface area contributed by atoms with Gasteiger partial charge in [0.2, 0.25) is 11.7 Å². The van der Waals surface area contributed by atoms with Crippen molar-refractivity contribution in [2.45, 2.75) is 33.2 Å². The van der Waals surface area contributed by atoms with E-state index in [2.05, 4.69) is 9.69 Å². The van der Waals surface area contributed by atoms with Crippen LogP contribution in [0.25, 0.3) is 0 Å². The average molecular weight is 570 g/mol. The standard InChI is InChI=1S/C28H35N5O6S/c1-15(2)11-12-31-27(35)23(17-13-19(37-4)24(39-6)20(14-17)38-5)33(18-9-7-16(3)8-10-18)28(36)25-21(29)22(26(30)34)32-40-25/h7-10,13-15,23H,11-12,29H2,1-6H3,(H2,30,34)(H,31,35)/t23-/m0/s1. The van der Waals surface area contributed by atoms with E-state index < -0.39 is 23.8 Å². The first-order valence-corrected chi connectivity index (χ1v) is 13.3. The summed E-state index contributed by atoms with van der Waals surface area (Å²) in [6.45, 7) is 6.40. The molecule has 0 saturated carbocycles. The Hall–Kier alpha value is -4.32. The molecule has 12 heteroatoms. The monoisotopic (exact) mass is 569 g/mol. The van der Waals surface area contributed by atoms with Gasteiger partial charge < -0.3 is 31.0 Å². The van der Waals surface area contributed by atoms with Gasteiger partial charge in [0.05, 0.1) is 27.0 Å². The predicted octanol–water partition coefficient (Wildman–Crippen LogP) is 3.71. The third-order valence-corrected chi connectivity index (χ3v) is 7.07. The molecule has 0 fully saturated rings. The maximum Gasteiger partial charge on any atom is 0.273 e. The summed E-state index contributed by atoms with van der Waals surface area (Å²) in [7, 11) is 4.40. The fourth-order valence-electron chi connectivity index (χ4n) is 4.09. The SMILES string of the molecule is COc1cc([C@@H](C(=O)NCCC(C)C)N(C(=O)c2snc(C(N)=O)c2N)c2ccc(C)cc2)cc(OC)c1OC. The molecule has 40 heavy (non-hydrogen) atoms. The number of amides is 3. The van der Waals surface area contributed by atoms with Crippen molar-refractivity contribution in [2.75, 3.05) is 38.5 Å². The number of benzene rings is 2. The van der Waals surface area contributed by atoms with Crippen LogP contribution >= 0.6 is 11.5 Å². The van der Waals surface area contributed by atoms with Gasteiger partial charge in [0, 0.05) is 12.2 Å². The Balaban J connectivity index is 2.28. The van der Waals surface area contributed by atoms with Crippen LogP contribution in [-0.2, 0) is 4.79 Å². The molecule has 0 aliphatic heterocycles. The van der Waals surface area contributed by atoms with Crippen molar-refractivity contribution in [3.05, 3.63) is 58.1 Å². The Morgan fingerprint density at radius 1 is 1.02 bits per heavy atom. The van der Waals surface area contributed by atoms with Crippen molar-refractivity contribution in [1.29, 1.82) is 0 Å². The fourth-order valence-corrected chi connectivity index (χ4v) is 4.83. The number of carbonyl (C=O) groups is 3. The highest BCUT2D eigenvalue weighted by molar-refractivity contribution is 7.09. The van der Waals surface area contributed by atoms with E-state index in [0.717, 1.165) is 23.5 Å². The molecule has 3 amide bonds. The van der Waals surface area contributed by atoms with E-state index in [9.17, 15) is 14.4 Å². The summed E-state index contributed by atoms with van der Waals surface area (Å²) in [6, 6.07) is 9.14. The molecule has 11 nitrogen and oxygen atoms in total. The quantitative estimate of drug-likeness (QED) is 0.298. The topological polar surface area (TPSA) is 159 Å². The van der Waals surface area contributed by atoms with Crippen LogP contribution in [0.1, 0.15) is 57.6 Å². The van der Waals surface area contributed by atoms with Crippen molar-refractivity contribution in [1.82, 2.24) is 9.69 Å². The molecule has 5 N–H and O–H groups in total. The predicted molar refractivity (Wildman–Crippen MR) is 154 cm³/mol. The summed E-state index contributed by atoms with van der Waals surface area (Å²) in [5.74, 6) is -0.644. The number of anilines is 2. The number of ether oxygens (including phenoxy) is 3. The molecule has 0 unspecified atom stereocenters. The zero-order valence-electron chi connectivity index (χ0n) is 23.4. The number of hydrogen-bond donors (Lipinski definition) is 3. The number of methoxy groups -OCH3 is 3. The fraction of sp³-hybridized carbons (Fsp3) is 0.357. The molecule has 2 aromatic carbocycles. The Morgan fingerprint density at radius 2 is 1.62 bits per heavy atom. The van der Waals surface area contributed by atoms with E-state index >= 15 is 0 Å². The van der Waals surface area contributed by atoms with Gasteiger partial charge in [-0.05, 0) is 60.6 Å². The van der Waals surface area contributed by atoms with E-state index in [1.807, 2.05) is 32.9 Å². The highest BCUT2D eigenvalue weighted by Crippen LogP contribution is 2.42. The molecule has 1 aromatic heterocycles. The second-order valence-corrected chi connectivity index (χ2v) is 10.3. The van der Waals surface area contributed by atoms with Crippen LogP contribution in [0, 0.1) is 12.8 Å². The summed E-state index contributed by atoms with van der Waals surface area (Å²) in [4.78, 5) is 41.3. The van der Waals surface area contributed by atoms with Crippen LogP contribution in [-0.4, -0.2) is 50.0 Å². The van der Waals surface area contributed by atoms with Gasteiger partial charge >= 0.3 is 0 Å². The minimum atomic E-state index is -1.20. The van der Waals surface area contributed by atoms with E-state index in [1.54, 1.807) is 24.3 Å². The molecule has 0 aliphatic carbocycles. The van der Waals surface area contributed by atoms with Crippen molar-refractivity contribution < 1.29 is 28.6 Å². The maximum absolute atomic E-state index is 14.2. The van der Waals surface area contributed by atoms with E-state index in [4.69, 9.17) is 25.7 Å². The number of hydrogen-bond acceptors (Lipinski definition) is 9. The van der Waals surface area contributed by atoms with Gasteiger partial charge in [0.1, 0.15) is 10.9 Å². The number of aromatic nitrogens is 1. The first kappa shape index (κ1) is 30.2. The molecule has 1 heterocycles. The van der Waals surface area contributed by atoms with E-state index in [0.29, 0.717) is 41.0 Å². The van der Waals surface area contributed by atoms with Crippen molar-refractivity contribution in [3.8, 4) is 17.2 Å². The number of aryl methyl sites for hydroxylation is 1. The number of nitrogen functional groups attached to an aromatic ring is 1. The summed E-state index contributed by atoms with van der Waals surface area (Å²) in [6.07, 6.45) is 0.732. The lowest BCUT2D eigenvalue weighted by Gasteiger charge is -2.32. The van der Waals surface area contributed by atoms with Gasteiger partial charge in [-0.3, -0.25) is 19.3 Å². The first-order valence-electron chi connectivity index (χ1n) is 12.6. The van der Waals surface area contributed by atoms with Crippen LogP contribution in [0.5, 0.6) is 17.2 Å². The smallest absolute Gasteiger partial charge is 0.273 e. The number of nitrogens with one attached hydrogen (secondary N) is 1. The highest BCUT2D eigenvalue weighted by Gasteiger charge is 2.37. The van der Waals surface area contributed by atoms with Gasteiger partial charge in [0.15, 0.2) is 17.2 Å². The summed E-state index contributed by atoms with van der Waals surface area (Å²) < 4.78 is 20.5. The number of primary amides is 1. The molecule has 3 aromatic rings. The summed E-state index contributed by atoms with van der Waals surface area (Å²) in [5, 5.41) is 2.96. The van der Waals surface area contributed by atoms with E-state index in [-0.39, 0.29) is 16.3 Å². The van der Waals surface area contributed by atoms with Crippen LogP contribution < -0.4 is 35.9 Å². The first-order chi connectivity index (χ1) is 19.0. The third kappa shape index (κ3) is 6.45. The number of nitrogens with two attached hydrogens (primary N) is 2. The van der Waals surface area contributed by atoms with Crippen LogP contribution in [0.15, 0.2) is 36.4 Å². The minimum absolute atomic E-state index is 0.0261. The molecule has 0 saturated heterocycles. The molecule has 0 spiro atoms. The largest absolute Gasteiger partial charge is 0.493 e. The zero-order valence-corrected chi connectivity index (χ0v) is 24.3. The zero-order chi connectivity index (χ0) is 29.6. The molecule has 0 bridgehead atoms. The molecule has 214 valence electrons. The molecule has 0 radical (unpaired) electrons. The number of nitrogens with zero attached hydrogens (tertiary/aromatic N) is 2. The maximum atomic E-state index is 14.2. The summed E-state index contributed by atoms with van der Waals surface area (Å²) >= 11 is 0.738. The Labute approximate surface area is 237 Å². The lowest BCUT2D eigenvalue weighted by atomic mass is 10.0. The molecule has 1 atom stereocenters. The minimum Gasteiger partial charge on any atom is -0.493 e. The van der Waals surface area contributed by atoms with Gasteiger partial charge in [0.25, 0.3) is 11.8 Å². The second kappa shape index (κ2) is 13.2. The molecule has 0 aliphatic rings. The molecular formula is C28H35N5O6S. The third-order valence-electron chi connectivity index (χ3n) is 6.22. The molecular weight excluding hydrogens is 534 g/mol. The Morgan fingerprint density at radius 3 is 2.10 bits per heavy atom. The van der Waals surface area contributed by atoms with E-state index in [1.165, 1.54) is 26.2 Å². The lowest BCUT2D eigenvalue weighted by Crippen LogP contribution is -2.44.